The van der Waals surface area contributed by atoms with Crippen molar-refractivity contribution in [2.24, 2.45) is 0 Å². The summed E-state index contributed by atoms with van der Waals surface area (Å²) < 4.78 is 2.14. The molecule has 2 N–H and O–H groups in total. The van der Waals surface area contributed by atoms with Crippen LogP contribution in [0.15, 0.2) is 18.5 Å². The summed E-state index contributed by atoms with van der Waals surface area (Å²) in [6.45, 7) is 11.6. The van der Waals surface area contributed by atoms with E-state index >= 15 is 0 Å². The molecule has 20 heavy (non-hydrogen) atoms. The standard InChI is InChI=1S/C16H24N4/c1-6-9-20-14(17)13(19-15(20)16(3,4)5)12-10-18-8-7-11(12)2/h7-8,10H,6,9,17H2,1-5H3. The highest BCUT2D eigenvalue weighted by Gasteiger charge is 2.25. The Morgan fingerprint density at radius 2 is 2.00 bits per heavy atom. The van der Waals surface area contributed by atoms with Crippen LogP contribution in [-0.4, -0.2) is 14.5 Å². The molecule has 0 aliphatic heterocycles. The lowest BCUT2D eigenvalue weighted by atomic mass is 9.95. The SMILES string of the molecule is CCCn1c(C(C)(C)C)nc(-c2cnccc2C)c1N. The van der Waals surface area contributed by atoms with Crippen molar-refractivity contribution in [3.8, 4) is 11.3 Å². The van der Waals surface area contributed by atoms with E-state index in [4.69, 9.17) is 10.7 Å². The van der Waals surface area contributed by atoms with Gasteiger partial charge in [0.2, 0.25) is 0 Å². The number of nitrogens with two attached hydrogens (primary N) is 1. The van der Waals surface area contributed by atoms with E-state index in [9.17, 15) is 0 Å². The van der Waals surface area contributed by atoms with Crippen molar-refractivity contribution in [1.29, 1.82) is 0 Å². The predicted octanol–water partition coefficient (Wildman–Crippen LogP) is 3.54. The first-order valence-corrected chi connectivity index (χ1v) is 7.13. The van der Waals surface area contributed by atoms with Crippen LogP contribution >= 0.6 is 0 Å². The first kappa shape index (κ1) is 14.6. The third kappa shape index (κ3) is 2.55. The molecule has 4 nitrogen and oxygen atoms in total. The normalized spacial score (nSPS) is 11.8. The van der Waals surface area contributed by atoms with Crippen molar-refractivity contribution < 1.29 is 0 Å². The predicted molar refractivity (Wildman–Crippen MR) is 83.6 cm³/mol. The molecule has 2 rings (SSSR count). The van der Waals surface area contributed by atoms with Crippen molar-refractivity contribution in [3.63, 3.8) is 0 Å². The van der Waals surface area contributed by atoms with Crippen molar-refractivity contribution in [2.75, 3.05) is 5.73 Å². The first-order chi connectivity index (χ1) is 9.36. The summed E-state index contributed by atoms with van der Waals surface area (Å²) in [5.41, 5.74) is 9.35. The number of anilines is 1. The minimum Gasteiger partial charge on any atom is -0.383 e. The second-order valence-electron chi connectivity index (χ2n) is 6.26. The van der Waals surface area contributed by atoms with Gasteiger partial charge in [-0.2, -0.15) is 0 Å². The topological polar surface area (TPSA) is 56.7 Å². The van der Waals surface area contributed by atoms with Crippen LogP contribution in [0.2, 0.25) is 0 Å². The van der Waals surface area contributed by atoms with Crippen LogP contribution in [0.1, 0.15) is 45.5 Å². The molecule has 0 unspecified atom stereocenters. The lowest BCUT2D eigenvalue weighted by Crippen LogP contribution is -2.19. The zero-order valence-corrected chi connectivity index (χ0v) is 13.1. The number of nitrogens with zero attached hydrogens (tertiary/aromatic N) is 3. The molecule has 0 fully saturated rings. The Hall–Kier alpha value is -1.84. The van der Waals surface area contributed by atoms with Gasteiger partial charge in [-0.3, -0.25) is 4.98 Å². The van der Waals surface area contributed by atoms with Crippen LogP contribution < -0.4 is 5.73 Å². The van der Waals surface area contributed by atoms with E-state index in [0.29, 0.717) is 0 Å². The molecular weight excluding hydrogens is 248 g/mol. The maximum Gasteiger partial charge on any atom is 0.131 e. The Kier molecular flexibility index (Phi) is 3.84. The summed E-state index contributed by atoms with van der Waals surface area (Å²) >= 11 is 0. The number of rotatable bonds is 3. The van der Waals surface area contributed by atoms with Gasteiger partial charge in [-0.25, -0.2) is 4.98 Å². The average molecular weight is 272 g/mol. The maximum atomic E-state index is 6.36. The summed E-state index contributed by atoms with van der Waals surface area (Å²) in [6.07, 6.45) is 4.68. The van der Waals surface area contributed by atoms with Crippen LogP contribution in [0.3, 0.4) is 0 Å². The molecule has 0 amide bonds. The van der Waals surface area contributed by atoms with E-state index in [1.165, 1.54) is 0 Å². The number of nitrogen functional groups attached to an aromatic ring is 1. The molecule has 2 aromatic rings. The molecule has 0 aliphatic carbocycles. The van der Waals surface area contributed by atoms with Gasteiger partial charge in [-0.1, -0.05) is 27.7 Å². The summed E-state index contributed by atoms with van der Waals surface area (Å²) in [7, 11) is 0. The fraction of sp³-hybridized carbons (Fsp3) is 0.500. The summed E-state index contributed by atoms with van der Waals surface area (Å²) in [6, 6.07) is 1.99. The second-order valence-corrected chi connectivity index (χ2v) is 6.26. The van der Waals surface area contributed by atoms with Gasteiger partial charge in [0.05, 0.1) is 0 Å². The smallest absolute Gasteiger partial charge is 0.131 e. The first-order valence-electron chi connectivity index (χ1n) is 7.13. The van der Waals surface area contributed by atoms with Gasteiger partial charge in [0.15, 0.2) is 0 Å². The average Bonchev–Trinajstić information content (AvgIpc) is 2.68. The summed E-state index contributed by atoms with van der Waals surface area (Å²) in [5.74, 6) is 1.78. The Labute approximate surface area is 121 Å². The van der Waals surface area contributed by atoms with Gasteiger partial charge in [-0.05, 0) is 25.0 Å². The lowest BCUT2D eigenvalue weighted by molar-refractivity contribution is 0.498. The van der Waals surface area contributed by atoms with Crippen LogP contribution in [0.4, 0.5) is 5.82 Å². The Balaban J connectivity index is 2.65. The maximum absolute atomic E-state index is 6.36. The van der Waals surface area contributed by atoms with Crippen molar-refractivity contribution >= 4 is 5.82 Å². The zero-order valence-electron chi connectivity index (χ0n) is 13.1. The van der Waals surface area contributed by atoms with E-state index in [1.54, 1.807) is 6.20 Å². The molecule has 4 heteroatoms. The molecule has 0 radical (unpaired) electrons. The van der Waals surface area contributed by atoms with Gasteiger partial charge in [0.25, 0.3) is 0 Å². The molecule has 0 spiro atoms. The third-order valence-electron chi connectivity index (χ3n) is 3.42. The van der Waals surface area contributed by atoms with Crippen LogP contribution in [0.25, 0.3) is 11.3 Å². The molecule has 0 atom stereocenters. The highest BCUT2D eigenvalue weighted by Crippen LogP contribution is 2.33. The Morgan fingerprint density at radius 3 is 2.55 bits per heavy atom. The minimum absolute atomic E-state index is 0.0301. The highest BCUT2D eigenvalue weighted by molar-refractivity contribution is 5.73. The van der Waals surface area contributed by atoms with Crippen molar-refractivity contribution in [3.05, 3.63) is 29.8 Å². The van der Waals surface area contributed by atoms with Gasteiger partial charge in [-0.15, -0.1) is 0 Å². The largest absolute Gasteiger partial charge is 0.383 e. The molecular formula is C16H24N4. The Bertz CT molecular complexity index is 605. The summed E-state index contributed by atoms with van der Waals surface area (Å²) in [5, 5.41) is 0. The number of hydrogen-bond donors (Lipinski definition) is 1. The minimum atomic E-state index is -0.0301. The monoisotopic (exact) mass is 272 g/mol. The summed E-state index contributed by atoms with van der Waals surface area (Å²) in [4.78, 5) is 9.03. The molecule has 0 aromatic carbocycles. The zero-order chi connectivity index (χ0) is 14.9. The van der Waals surface area contributed by atoms with E-state index in [2.05, 4.69) is 44.2 Å². The van der Waals surface area contributed by atoms with E-state index < -0.39 is 0 Å². The molecule has 108 valence electrons. The fourth-order valence-electron chi connectivity index (χ4n) is 2.40. The van der Waals surface area contributed by atoms with Gasteiger partial charge < -0.3 is 10.3 Å². The third-order valence-corrected chi connectivity index (χ3v) is 3.42. The number of aryl methyl sites for hydroxylation is 1. The van der Waals surface area contributed by atoms with Gasteiger partial charge >= 0.3 is 0 Å². The molecule has 0 saturated heterocycles. The highest BCUT2D eigenvalue weighted by atomic mass is 15.2. The van der Waals surface area contributed by atoms with E-state index in [0.717, 1.165) is 41.4 Å². The lowest BCUT2D eigenvalue weighted by Gasteiger charge is -2.19. The van der Waals surface area contributed by atoms with Gasteiger partial charge in [0.1, 0.15) is 17.3 Å². The molecule has 2 heterocycles. The van der Waals surface area contributed by atoms with Crippen molar-refractivity contribution in [2.45, 2.75) is 53.0 Å². The van der Waals surface area contributed by atoms with E-state index in [1.807, 2.05) is 12.3 Å². The number of imidazole rings is 1. The van der Waals surface area contributed by atoms with Crippen LogP contribution in [0, 0.1) is 6.92 Å². The van der Waals surface area contributed by atoms with Crippen LogP contribution in [0.5, 0.6) is 0 Å². The number of hydrogen-bond acceptors (Lipinski definition) is 3. The van der Waals surface area contributed by atoms with Crippen LogP contribution in [-0.2, 0) is 12.0 Å². The Morgan fingerprint density at radius 1 is 1.30 bits per heavy atom. The quantitative estimate of drug-likeness (QED) is 0.929. The number of aromatic nitrogens is 3. The fourth-order valence-corrected chi connectivity index (χ4v) is 2.40. The molecule has 0 bridgehead atoms. The number of pyridine rings is 1. The van der Waals surface area contributed by atoms with Gasteiger partial charge in [0, 0.05) is 29.9 Å². The molecule has 2 aromatic heterocycles. The van der Waals surface area contributed by atoms with E-state index in [-0.39, 0.29) is 5.41 Å². The van der Waals surface area contributed by atoms with Crippen molar-refractivity contribution in [1.82, 2.24) is 14.5 Å². The molecule has 0 saturated carbocycles. The molecule has 0 aliphatic rings. The second kappa shape index (κ2) is 5.27.